The molecule has 7 heteroatoms. The number of methoxy groups -OCH3 is 1. The number of rotatable bonds is 7. The molecule has 2 N–H and O–H groups in total. The molecule has 1 aliphatic heterocycles. The molecular formula is C25H27N5O2. The summed E-state index contributed by atoms with van der Waals surface area (Å²) in [6, 6.07) is 18.6. The second-order valence-electron chi connectivity index (χ2n) is 7.87. The highest BCUT2D eigenvalue weighted by atomic mass is 16.5. The Morgan fingerprint density at radius 2 is 1.84 bits per heavy atom. The van der Waals surface area contributed by atoms with E-state index in [0.29, 0.717) is 6.54 Å². The summed E-state index contributed by atoms with van der Waals surface area (Å²) in [7, 11) is 1.68. The standard InChI is InChI=1S/C25H27N5O2/c1-31-22-5-2-18(3-6-22)16-26-17-21-15-24(30-10-12-32-13-11-30)29-25(28-21)20-4-7-23-19(14-20)8-9-27-23/h2-9,14-15,26-27H,10-13,16-17H2,1H3. The van der Waals surface area contributed by atoms with Crippen LogP contribution < -0.4 is 15.0 Å². The van der Waals surface area contributed by atoms with Crippen molar-refractivity contribution in [2.45, 2.75) is 13.1 Å². The van der Waals surface area contributed by atoms with Crippen LogP contribution in [0.4, 0.5) is 5.82 Å². The van der Waals surface area contributed by atoms with Crippen molar-refractivity contribution in [2.75, 3.05) is 38.3 Å². The number of morpholine rings is 1. The summed E-state index contributed by atoms with van der Waals surface area (Å²) in [6.45, 7) is 4.54. The first-order chi connectivity index (χ1) is 15.8. The van der Waals surface area contributed by atoms with Crippen LogP contribution >= 0.6 is 0 Å². The lowest BCUT2D eigenvalue weighted by atomic mass is 10.1. The summed E-state index contributed by atoms with van der Waals surface area (Å²) in [6.07, 6.45) is 1.95. The number of hydrogen-bond donors (Lipinski definition) is 2. The molecule has 1 saturated heterocycles. The fourth-order valence-corrected chi connectivity index (χ4v) is 3.93. The molecule has 2 aromatic heterocycles. The van der Waals surface area contributed by atoms with Crippen molar-refractivity contribution in [3.05, 3.63) is 72.1 Å². The monoisotopic (exact) mass is 429 g/mol. The Morgan fingerprint density at radius 3 is 2.66 bits per heavy atom. The molecule has 0 bridgehead atoms. The van der Waals surface area contributed by atoms with Crippen LogP contribution in [-0.4, -0.2) is 48.4 Å². The Labute approximate surface area is 187 Å². The summed E-state index contributed by atoms with van der Waals surface area (Å²) < 4.78 is 10.8. The number of H-pyrrole nitrogens is 1. The lowest BCUT2D eigenvalue weighted by molar-refractivity contribution is 0.122. The molecule has 0 amide bonds. The van der Waals surface area contributed by atoms with Gasteiger partial charge < -0.3 is 24.7 Å². The fraction of sp³-hybridized carbons (Fsp3) is 0.280. The maximum absolute atomic E-state index is 5.53. The van der Waals surface area contributed by atoms with Crippen LogP contribution in [0.15, 0.2) is 60.8 Å². The first-order valence-electron chi connectivity index (χ1n) is 10.9. The van der Waals surface area contributed by atoms with Crippen molar-refractivity contribution in [3.63, 3.8) is 0 Å². The van der Waals surface area contributed by atoms with Crippen LogP contribution in [0.25, 0.3) is 22.3 Å². The van der Waals surface area contributed by atoms with Crippen LogP contribution in [0, 0.1) is 0 Å². The van der Waals surface area contributed by atoms with Crippen LogP contribution in [-0.2, 0) is 17.8 Å². The number of benzene rings is 2. The molecule has 7 nitrogen and oxygen atoms in total. The van der Waals surface area contributed by atoms with Crippen molar-refractivity contribution in [3.8, 4) is 17.1 Å². The second-order valence-corrected chi connectivity index (χ2v) is 7.87. The third-order valence-corrected chi connectivity index (χ3v) is 5.71. The minimum absolute atomic E-state index is 0.658. The van der Waals surface area contributed by atoms with Gasteiger partial charge in [0.25, 0.3) is 0 Å². The third kappa shape index (κ3) is 4.59. The van der Waals surface area contributed by atoms with Crippen LogP contribution in [0.3, 0.4) is 0 Å². The van der Waals surface area contributed by atoms with E-state index in [9.17, 15) is 0 Å². The van der Waals surface area contributed by atoms with Gasteiger partial charge in [-0.3, -0.25) is 0 Å². The van der Waals surface area contributed by atoms with Crippen molar-refractivity contribution >= 4 is 16.7 Å². The summed E-state index contributed by atoms with van der Waals surface area (Å²) >= 11 is 0. The maximum Gasteiger partial charge on any atom is 0.161 e. The van der Waals surface area contributed by atoms with E-state index in [1.165, 1.54) is 5.56 Å². The zero-order valence-electron chi connectivity index (χ0n) is 18.2. The van der Waals surface area contributed by atoms with Crippen molar-refractivity contribution in [2.24, 2.45) is 0 Å². The minimum Gasteiger partial charge on any atom is -0.497 e. The van der Waals surface area contributed by atoms with Crippen LogP contribution in [0.2, 0.25) is 0 Å². The third-order valence-electron chi connectivity index (χ3n) is 5.71. The number of ether oxygens (including phenoxy) is 2. The number of hydrogen-bond acceptors (Lipinski definition) is 6. The smallest absolute Gasteiger partial charge is 0.161 e. The van der Waals surface area contributed by atoms with Crippen molar-refractivity contribution in [1.29, 1.82) is 0 Å². The normalized spacial score (nSPS) is 14.1. The van der Waals surface area contributed by atoms with Gasteiger partial charge in [0.1, 0.15) is 11.6 Å². The summed E-state index contributed by atoms with van der Waals surface area (Å²) in [4.78, 5) is 15.3. The second kappa shape index (κ2) is 9.38. The molecular weight excluding hydrogens is 402 g/mol. The predicted molar refractivity (Wildman–Crippen MR) is 126 cm³/mol. The lowest BCUT2D eigenvalue weighted by Crippen LogP contribution is -2.37. The summed E-state index contributed by atoms with van der Waals surface area (Å²) in [5.74, 6) is 2.57. The van der Waals surface area contributed by atoms with Gasteiger partial charge in [0.15, 0.2) is 5.82 Å². The van der Waals surface area contributed by atoms with E-state index in [1.54, 1.807) is 7.11 Å². The van der Waals surface area contributed by atoms with E-state index < -0.39 is 0 Å². The number of aromatic amines is 1. The topological polar surface area (TPSA) is 75.3 Å². The Kier molecular flexibility index (Phi) is 6.00. The van der Waals surface area contributed by atoms with E-state index in [4.69, 9.17) is 19.4 Å². The predicted octanol–water partition coefficient (Wildman–Crippen LogP) is 3.76. The van der Waals surface area contributed by atoms with Gasteiger partial charge in [0, 0.05) is 54.9 Å². The van der Waals surface area contributed by atoms with Gasteiger partial charge in [0.05, 0.1) is 26.0 Å². The zero-order chi connectivity index (χ0) is 21.8. The lowest BCUT2D eigenvalue weighted by Gasteiger charge is -2.28. The Hall–Kier alpha value is -3.42. The molecule has 4 aromatic rings. The average Bonchev–Trinajstić information content (AvgIpc) is 3.33. The Balaban J connectivity index is 1.39. The van der Waals surface area contributed by atoms with E-state index >= 15 is 0 Å². The molecule has 164 valence electrons. The maximum atomic E-state index is 5.53. The first-order valence-corrected chi connectivity index (χ1v) is 10.9. The summed E-state index contributed by atoms with van der Waals surface area (Å²) in [5, 5.41) is 4.67. The van der Waals surface area contributed by atoms with Gasteiger partial charge in [-0.2, -0.15) is 0 Å². The molecule has 32 heavy (non-hydrogen) atoms. The minimum atomic E-state index is 0.658. The molecule has 0 radical (unpaired) electrons. The number of fused-ring (bicyclic) bond motifs is 1. The molecule has 1 fully saturated rings. The average molecular weight is 430 g/mol. The van der Waals surface area contributed by atoms with Crippen molar-refractivity contribution < 1.29 is 9.47 Å². The largest absolute Gasteiger partial charge is 0.497 e. The van der Waals surface area contributed by atoms with Gasteiger partial charge in [-0.05, 0) is 42.0 Å². The highest BCUT2D eigenvalue weighted by Gasteiger charge is 2.16. The summed E-state index contributed by atoms with van der Waals surface area (Å²) in [5.41, 5.74) is 4.30. The molecule has 5 rings (SSSR count). The van der Waals surface area contributed by atoms with Crippen molar-refractivity contribution in [1.82, 2.24) is 20.3 Å². The molecule has 0 atom stereocenters. The van der Waals surface area contributed by atoms with Gasteiger partial charge in [0.2, 0.25) is 0 Å². The van der Waals surface area contributed by atoms with Gasteiger partial charge in [-0.15, -0.1) is 0 Å². The van der Waals surface area contributed by atoms with Gasteiger partial charge >= 0.3 is 0 Å². The number of nitrogens with one attached hydrogen (secondary N) is 2. The molecule has 2 aromatic carbocycles. The highest BCUT2D eigenvalue weighted by molar-refractivity contribution is 5.84. The van der Waals surface area contributed by atoms with E-state index in [0.717, 1.165) is 72.4 Å². The highest BCUT2D eigenvalue weighted by Crippen LogP contribution is 2.24. The van der Waals surface area contributed by atoms with Crippen LogP contribution in [0.1, 0.15) is 11.3 Å². The van der Waals surface area contributed by atoms with Gasteiger partial charge in [-0.25, -0.2) is 9.97 Å². The number of anilines is 1. The van der Waals surface area contributed by atoms with E-state index in [1.807, 2.05) is 18.3 Å². The molecule has 0 spiro atoms. The van der Waals surface area contributed by atoms with E-state index in [-0.39, 0.29) is 0 Å². The molecule has 3 heterocycles. The molecule has 0 saturated carbocycles. The molecule has 0 unspecified atom stereocenters. The Bertz CT molecular complexity index is 1180. The fourth-order valence-electron chi connectivity index (χ4n) is 3.93. The molecule has 0 aliphatic carbocycles. The Morgan fingerprint density at radius 1 is 1.00 bits per heavy atom. The first kappa shape index (κ1) is 20.5. The SMILES string of the molecule is COc1ccc(CNCc2cc(N3CCOCC3)nc(-c3ccc4[nH]ccc4c3)n2)cc1. The molecule has 1 aliphatic rings. The number of nitrogens with zero attached hydrogens (tertiary/aromatic N) is 3. The quantitative estimate of drug-likeness (QED) is 0.466. The van der Waals surface area contributed by atoms with E-state index in [2.05, 4.69) is 57.7 Å². The number of aromatic nitrogens is 3. The zero-order valence-corrected chi connectivity index (χ0v) is 18.2. The van der Waals surface area contributed by atoms with Gasteiger partial charge in [-0.1, -0.05) is 12.1 Å². The van der Waals surface area contributed by atoms with Crippen LogP contribution in [0.5, 0.6) is 5.75 Å².